The summed E-state index contributed by atoms with van der Waals surface area (Å²) in [6, 6.07) is 8.77. The van der Waals surface area contributed by atoms with Gasteiger partial charge in [-0.05, 0) is 35.9 Å². The number of esters is 1. The van der Waals surface area contributed by atoms with Crippen molar-refractivity contribution in [3.05, 3.63) is 79.0 Å². The number of hydrogen-bond donors (Lipinski definition) is 3. The highest BCUT2D eigenvalue weighted by atomic mass is 19.4. The van der Waals surface area contributed by atoms with Crippen LogP contribution < -0.4 is 20.9 Å². The van der Waals surface area contributed by atoms with E-state index in [1.54, 1.807) is 43.0 Å². The maximum Gasteiger partial charge on any atom is 0.491 e. The van der Waals surface area contributed by atoms with E-state index in [0.29, 0.717) is 28.2 Å². The lowest BCUT2D eigenvalue weighted by Gasteiger charge is -2.21. The second-order valence-corrected chi connectivity index (χ2v) is 9.57. The number of benzene rings is 2. The fraction of sp³-hybridized carbons (Fsp3) is 0.179. The highest BCUT2D eigenvalue weighted by Crippen LogP contribution is 2.36. The van der Waals surface area contributed by atoms with E-state index in [1.165, 1.54) is 36.7 Å². The zero-order valence-corrected chi connectivity index (χ0v) is 23.7. The molecule has 236 valence electrons. The van der Waals surface area contributed by atoms with E-state index < -0.39 is 35.6 Å². The molecule has 4 aromatic rings. The van der Waals surface area contributed by atoms with Crippen molar-refractivity contribution >= 4 is 46.4 Å². The third-order valence-corrected chi connectivity index (χ3v) is 5.96. The molecule has 3 N–H and O–H groups in total. The first-order valence-corrected chi connectivity index (χ1v) is 12.7. The number of anilines is 6. The van der Waals surface area contributed by atoms with E-state index in [-0.39, 0.29) is 17.5 Å². The third-order valence-electron chi connectivity index (χ3n) is 5.96. The molecule has 0 atom stereocenters. The molecule has 2 aromatic carbocycles. The molecule has 0 bridgehead atoms. The van der Waals surface area contributed by atoms with Gasteiger partial charge < -0.3 is 25.6 Å². The summed E-state index contributed by atoms with van der Waals surface area (Å²) in [7, 11) is 5.13. The van der Waals surface area contributed by atoms with E-state index in [4.69, 9.17) is 0 Å². The van der Waals surface area contributed by atoms with Gasteiger partial charge >= 0.3 is 18.3 Å². The monoisotopic (exact) mass is 634 g/mol. The molecule has 0 saturated heterocycles. The summed E-state index contributed by atoms with van der Waals surface area (Å²) in [6.07, 6.45) is -5.29. The van der Waals surface area contributed by atoms with Gasteiger partial charge in [0.25, 0.3) is 5.91 Å². The summed E-state index contributed by atoms with van der Waals surface area (Å²) in [5.41, 5.74) is 1.29. The van der Waals surface area contributed by atoms with Crippen LogP contribution in [0.25, 0.3) is 11.1 Å². The SMILES string of the molecule is C=C(OC(=O)C(F)(F)F)C(=O)Nc1ccc(N(C)C)c(Nc2nc(Nc3cnn(C)c3)ncc2-c2ccc(C(F)(F)F)cc2)c1. The number of alkyl halides is 6. The molecule has 2 heterocycles. The molecule has 0 spiro atoms. The van der Waals surface area contributed by atoms with Gasteiger partial charge in [0, 0.05) is 44.8 Å². The number of carbonyl (C=O) groups is 2. The van der Waals surface area contributed by atoms with E-state index >= 15 is 0 Å². The summed E-state index contributed by atoms with van der Waals surface area (Å²) in [5.74, 6) is -4.66. The molecule has 0 aliphatic carbocycles. The van der Waals surface area contributed by atoms with E-state index in [1.807, 2.05) is 0 Å². The highest BCUT2D eigenvalue weighted by molar-refractivity contribution is 6.04. The van der Waals surface area contributed by atoms with E-state index in [9.17, 15) is 35.9 Å². The van der Waals surface area contributed by atoms with Crippen LogP contribution >= 0.6 is 0 Å². The van der Waals surface area contributed by atoms with Crippen LogP contribution in [0.1, 0.15) is 5.56 Å². The molecule has 0 aliphatic heterocycles. The van der Waals surface area contributed by atoms with Crippen LogP contribution in [-0.2, 0) is 27.5 Å². The normalized spacial score (nSPS) is 11.5. The van der Waals surface area contributed by atoms with Gasteiger partial charge in [-0.2, -0.15) is 36.4 Å². The van der Waals surface area contributed by atoms with E-state index in [0.717, 1.165) is 12.1 Å². The predicted molar refractivity (Wildman–Crippen MR) is 153 cm³/mol. The highest BCUT2D eigenvalue weighted by Gasteiger charge is 2.42. The van der Waals surface area contributed by atoms with Gasteiger partial charge in [0.2, 0.25) is 5.95 Å². The number of halogens is 6. The van der Waals surface area contributed by atoms with Crippen LogP contribution in [0.15, 0.2) is 73.4 Å². The minimum atomic E-state index is -5.33. The minimum absolute atomic E-state index is 0.0659. The van der Waals surface area contributed by atoms with Crippen LogP contribution in [0.2, 0.25) is 0 Å². The predicted octanol–water partition coefficient (Wildman–Crippen LogP) is 6.01. The maximum absolute atomic E-state index is 13.2. The molecule has 2 aromatic heterocycles. The number of aromatic nitrogens is 4. The number of nitrogens with zero attached hydrogens (tertiary/aromatic N) is 5. The van der Waals surface area contributed by atoms with Gasteiger partial charge in [0.1, 0.15) is 5.82 Å². The van der Waals surface area contributed by atoms with Crippen molar-refractivity contribution in [3.63, 3.8) is 0 Å². The fourth-order valence-electron chi connectivity index (χ4n) is 3.85. The molecule has 45 heavy (non-hydrogen) atoms. The topological polar surface area (TPSA) is 126 Å². The second-order valence-electron chi connectivity index (χ2n) is 9.57. The summed E-state index contributed by atoms with van der Waals surface area (Å²) in [4.78, 5) is 34.0. The average Bonchev–Trinajstić information content (AvgIpc) is 3.36. The third kappa shape index (κ3) is 8.07. The van der Waals surface area contributed by atoms with Gasteiger partial charge in [0.15, 0.2) is 5.76 Å². The lowest BCUT2D eigenvalue weighted by Crippen LogP contribution is -2.28. The van der Waals surface area contributed by atoms with Crippen molar-refractivity contribution in [2.75, 3.05) is 34.9 Å². The number of ether oxygens (including phenoxy) is 1. The Morgan fingerprint density at radius 1 is 0.956 bits per heavy atom. The van der Waals surface area contributed by atoms with Crippen molar-refractivity contribution < 1.29 is 40.7 Å². The Morgan fingerprint density at radius 3 is 2.22 bits per heavy atom. The molecular formula is C28H24F6N8O3. The lowest BCUT2D eigenvalue weighted by molar-refractivity contribution is -0.195. The number of aryl methyl sites for hydroxylation is 1. The first-order valence-electron chi connectivity index (χ1n) is 12.7. The van der Waals surface area contributed by atoms with Gasteiger partial charge in [-0.1, -0.05) is 18.7 Å². The Hall–Kier alpha value is -5.61. The number of amides is 1. The molecule has 4 rings (SSSR count). The van der Waals surface area contributed by atoms with Crippen molar-refractivity contribution in [3.8, 4) is 11.1 Å². The average molecular weight is 635 g/mol. The van der Waals surface area contributed by atoms with Crippen molar-refractivity contribution in [1.29, 1.82) is 0 Å². The standard InChI is InChI=1S/C28H24F6N8O3/c1-15(45-25(44)28(32,33)34)24(43)37-18-9-10-22(41(2)3)21(11-18)39-23-20(16-5-7-17(8-6-16)27(29,30)31)13-35-26(40-23)38-19-12-36-42(4)14-19/h5-14H,1H2,2-4H3,(H,37,43)(H2,35,38,39,40). The van der Waals surface area contributed by atoms with Crippen LogP contribution in [0.4, 0.5) is 60.9 Å². The van der Waals surface area contributed by atoms with Crippen LogP contribution in [-0.4, -0.2) is 51.9 Å². The van der Waals surface area contributed by atoms with E-state index in [2.05, 4.69) is 42.3 Å². The van der Waals surface area contributed by atoms with Gasteiger partial charge in [-0.15, -0.1) is 0 Å². The van der Waals surface area contributed by atoms with Gasteiger partial charge in [0.05, 0.1) is 28.8 Å². The first kappa shape index (κ1) is 32.3. The maximum atomic E-state index is 13.2. The number of rotatable bonds is 9. The van der Waals surface area contributed by atoms with Crippen LogP contribution in [0, 0.1) is 0 Å². The fourth-order valence-corrected chi connectivity index (χ4v) is 3.85. The van der Waals surface area contributed by atoms with Crippen molar-refractivity contribution in [2.45, 2.75) is 12.4 Å². The molecule has 0 saturated carbocycles. The summed E-state index contributed by atoms with van der Waals surface area (Å²) >= 11 is 0. The largest absolute Gasteiger partial charge is 0.491 e. The Morgan fingerprint density at radius 2 is 1.64 bits per heavy atom. The Balaban J connectivity index is 1.70. The molecular weight excluding hydrogens is 610 g/mol. The molecule has 17 heteroatoms. The summed E-state index contributed by atoms with van der Waals surface area (Å²) in [6.45, 7) is 3.07. The number of carbonyl (C=O) groups excluding carboxylic acids is 2. The number of nitrogens with one attached hydrogen (secondary N) is 3. The summed E-state index contributed by atoms with van der Waals surface area (Å²) in [5, 5.41) is 12.5. The lowest BCUT2D eigenvalue weighted by atomic mass is 10.1. The molecule has 0 fully saturated rings. The van der Waals surface area contributed by atoms with Gasteiger partial charge in [-0.25, -0.2) is 9.78 Å². The second kappa shape index (κ2) is 12.6. The smallest absolute Gasteiger partial charge is 0.415 e. The molecule has 0 unspecified atom stereocenters. The molecule has 11 nitrogen and oxygen atoms in total. The van der Waals surface area contributed by atoms with Crippen molar-refractivity contribution in [1.82, 2.24) is 19.7 Å². The van der Waals surface area contributed by atoms with Crippen LogP contribution in [0.5, 0.6) is 0 Å². The summed E-state index contributed by atoms with van der Waals surface area (Å²) < 4.78 is 82.7. The Kier molecular flexibility index (Phi) is 9.01. The molecule has 0 aliphatic rings. The van der Waals surface area contributed by atoms with Crippen LogP contribution in [0.3, 0.4) is 0 Å². The zero-order valence-electron chi connectivity index (χ0n) is 23.7. The number of hydrogen-bond acceptors (Lipinski definition) is 9. The molecule has 1 amide bonds. The van der Waals surface area contributed by atoms with Gasteiger partial charge in [-0.3, -0.25) is 9.48 Å². The van der Waals surface area contributed by atoms with Crippen molar-refractivity contribution in [2.24, 2.45) is 7.05 Å². The first-order chi connectivity index (χ1) is 21.0. The zero-order chi connectivity index (χ0) is 33.1. The molecule has 0 radical (unpaired) electrons. The minimum Gasteiger partial charge on any atom is -0.415 e. The Bertz CT molecular complexity index is 1730. The Labute approximate surface area is 251 Å². The quantitative estimate of drug-likeness (QED) is 0.0879.